The summed E-state index contributed by atoms with van der Waals surface area (Å²) in [5.74, 6) is 0.487. The van der Waals surface area contributed by atoms with Crippen molar-refractivity contribution >= 4 is 5.69 Å². The molecule has 0 atom stereocenters. The van der Waals surface area contributed by atoms with E-state index in [1.807, 2.05) is 19.1 Å². The first-order valence-electron chi connectivity index (χ1n) is 6.51. The number of rotatable bonds is 2. The maximum Gasteiger partial charge on any atom is 0.260 e. The van der Waals surface area contributed by atoms with Crippen molar-refractivity contribution < 1.29 is 8.91 Å². The van der Waals surface area contributed by atoms with E-state index >= 15 is 0 Å². The molecule has 5 heteroatoms. The van der Waals surface area contributed by atoms with E-state index in [2.05, 4.69) is 10.1 Å². The highest BCUT2D eigenvalue weighted by molar-refractivity contribution is 5.72. The largest absolute Gasteiger partial charge is 0.398 e. The van der Waals surface area contributed by atoms with Crippen LogP contribution in [0.2, 0.25) is 0 Å². The number of benzene rings is 2. The molecule has 0 aliphatic heterocycles. The molecule has 2 aromatic carbocycles. The van der Waals surface area contributed by atoms with Gasteiger partial charge in [-0.15, -0.1) is 0 Å². The molecule has 3 aromatic rings. The van der Waals surface area contributed by atoms with Gasteiger partial charge in [-0.25, -0.2) is 4.39 Å². The van der Waals surface area contributed by atoms with Crippen LogP contribution >= 0.6 is 0 Å². The summed E-state index contributed by atoms with van der Waals surface area (Å²) in [6.07, 6.45) is 0. The second-order valence-electron chi connectivity index (χ2n) is 4.97. The van der Waals surface area contributed by atoms with Crippen molar-refractivity contribution in [2.75, 3.05) is 5.73 Å². The van der Waals surface area contributed by atoms with E-state index in [9.17, 15) is 4.39 Å². The molecule has 0 bridgehead atoms. The predicted octanol–water partition coefficient (Wildman–Crippen LogP) is 3.74. The standard InChI is InChI=1S/C16H14FN3O/c1-9-3-6-14(18)13(7-9)16-19-15(20-21-16)12-5-4-11(17)8-10(12)2/h3-8H,18H2,1-2H3. The van der Waals surface area contributed by atoms with Crippen molar-refractivity contribution in [1.29, 1.82) is 0 Å². The summed E-state index contributed by atoms with van der Waals surface area (Å²) in [4.78, 5) is 4.36. The minimum atomic E-state index is -0.289. The molecule has 4 nitrogen and oxygen atoms in total. The van der Waals surface area contributed by atoms with E-state index < -0.39 is 0 Å². The Hall–Kier alpha value is -2.69. The summed E-state index contributed by atoms with van der Waals surface area (Å²) in [5, 5.41) is 3.96. The lowest BCUT2D eigenvalue weighted by Gasteiger charge is -2.01. The second-order valence-corrected chi connectivity index (χ2v) is 4.97. The van der Waals surface area contributed by atoms with Gasteiger partial charge in [0, 0.05) is 11.3 Å². The molecule has 0 fully saturated rings. The van der Waals surface area contributed by atoms with Crippen molar-refractivity contribution in [2.24, 2.45) is 0 Å². The second kappa shape index (κ2) is 5.01. The van der Waals surface area contributed by atoms with E-state index in [0.717, 1.165) is 16.7 Å². The highest BCUT2D eigenvalue weighted by atomic mass is 19.1. The fourth-order valence-corrected chi connectivity index (χ4v) is 2.18. The molecule has 1 heterocycles. The molecular weight excluding hydrogens is 269 g/mol. The lowest BCUT2D eigenvalue weighted by molar-refractivity contribution is 0.432. The molecule has 1 aromatic heterocycles. The van der Waals surface area contributed by atoms with E-state index in [4.69, 9.17) is 10.3 Å². The van der Waals surface area contributed by atoms with Crippen LogP contribution in [0, 0.1) is 19.7 Å². The van der Waals surface area contributed by atoms with Crippen LogP contribution in [0.25, 0.3) is 22.8 Å². The van der Waals surface area contributed by atoms with Crippen molar-refractivity contribution in [1.82, 2.24) is 10.1 Å². The molecule has 0 spiro atoms. The highest BCUT2D eigenvalue weighted by Crippen LogP contribution is 2.28. The lowest BCUT2D eigenvalue weighted by atomic mass is 10.1. The minimum absolute atomic E-state index is 0.289. The van der Waals surface area contributed by atoms with Gasteiger partial charge in [-0.1, -0.05) is 16.8 Å². The smallest absolute Gasteiger partial charge is 0.260 e. The zero-order valence-electron chi connectivity index (χ0n) is 11.7. The number of hydrogen-bond acceptors (Lipinski definition) is 4. The van der Waals surface area contributed by atoms with Gasteiger partial charge >= 0.3 is 0 Å². The van der Waals surface area contributed by atoms with Crippen molar-refractivity contribution in [3.05, 3.63) is 53.3 Å². The Morgan fingerprint density at radius 1 is 1.05 bits per heavy atom. The van der Waals surface area contributed by atoms with Gasteiger partial charge in [-0.3, -0.25) is 0 Å². The maximum absolute atomic E-state index is 13.1. The number of anilines is 1. The summed E-state index contributed by atoms with van der Waals surface area (Å²) < 4.78 is 18.4. The van der Waals surface area contributed by atoms with Gasteiger partial charge in [0.05, 0.1) is 5.56 Å². The SMILES string of the molecule is Cc1ccc(N)c(-c2nc(-c3ccc(F)cc3C)no2)c1. The number of halogens is 1. The third-order valence-electron chi connectivity index (χ3n) is 3.29. The van der Waals surface area contributed by atoms with Crippen molar-refractivity contribution in [3.63, 3.8) is 0 Å². The van der Waals surface area contributed by atoms with Gasteiger partial charge in [-0.05, 0) is 49.7 Å². The minimum Gasteiger partial charge on any atom is -0.398 e. The molecule has 0 saturated heterocycles. The molecule has 2 N–H and O–H groups in total. The van der Waals surface area contributed by atoms with Crippen LogP contribution in [0.15, 0.2) is 40.9 Å². The average molecular weight is 283 g/mol. The molecule has 3 rings (SSSR count). The van der Waals surface area contributed by atoms with Gasteiger partial charge in [0.2, 0.25) is 5.82 Å². The Bertz CT molecular complexity index is 811. The molecular formula is C16H14FN3O. The van der Waals surface area contributed by atoms with Crippen LogP contribution < -0.4 is 5.73 Å². The Kier molecular flexibility index (Phi) is 3.17. The van der Waals surface area contributed by atoms with E-state index in [0.29, 0.717) is 23.0 Å². The Morgan fingerprint density at radius 3 is 2.62 bits per heavy atom. The van der Waals surface area contributed by atoms with Gasteiger partial charge < -0.3 is 10.3 Å². The van der Waals surface area contributed by atoms with Gasteiger partial charge in [-0.2, -0.15) is 4.98 Å². The first kappa shape index (κ1) is 13.3. The van der Waals surface area contributed by atoms with Crippen LogP contribution in [0.4, 0.5) is 10.1 Å². The van der Waals surface area contributed by atoms with Crippen LogP contribution in [0.5, 0.6) is 0 Å². The topological polar surface area (TPSA) is 64.9 Å². The lowest BCUT2D eigenvalue weighted by Crippen LogP contribution is -1.91. The predicted molar refractivity (Wildman–Crippen MR) is 79.0 cm³/mol. The van der Waals surface area contributed by atoms with Crippen LogP contribution in [0.1, 0.15) is 11.1 Å². The molecule has 0 amide bonds. The molecule has 0 saturated carbocycles. The third-order valence-corrected chi connectivity index (χ3v) is 3.29. The zero-order valence-corrected chi connectivity index (χ0v) is 11.7. The Balaban J connectivity index is 2.06. The number of nitrogen functional groups attached to an aromatic ring is 1. The maximum atomic E-state index is 13.1. The first-order chi connectivity index (χ1) is 10.0. The number of hydrogen-bond donors (Lipinski definition) is 1. The van der Waals surface area contributed by atoms with Gasteiger partial charge in [0.1, 0.15) is 5.82 Å². The number of nitrogens with zero attached hydrogens (tertiary/aromatic N) is 2. The van der Waals surface area contributed by atoms with Crippen LogP contribution in [-0.4, -0.2) is 10.1 Å². The first-order valence-corrected chi connectivity index (χ1v) is 6.51. The fourth-order valence-electron chi connectivity index (χ4n) is 2.18. The summed E-state index contributed by atoms with van der Waals surface area (Å²) in [7, 11) is 0. The van der Waals surface area contributed by atoms with Crippen molar-refractivity contribution in [3.8, 4) is 22.8 Å². The van der Waals surface area contributed by atoms with Gasteiger partial charge in [0.15, 0.2) is 0 Å². The van der Waals surface area contributed by atoms with Crippen LogP contribution in [-0.2, 0) is 0 Å². The Morgan fingerprint density at radius 2 is 1.86 bits per heavy atom. The molecule has 21 heavy (non-hydrogen) atoms. The van der Waals surface area contributed by atoms with Gasteiger partial charge in [0.25, 0.3) is 5.89 Å². The summed E-state index contributed by atoms with van der Waals surface area (Å²) in [6.45, 7) is 3.76. The molecule has 0 aliphatic rings. The molecule has 106 valence electrons. The van der Waals surface area contributed by atoms with E-state index in [1.165, 1.54) is 12.1 Å². The van der Waals surface area contributed by atoms with E-state index in [1.54, 1.807) is 19.1 Å². The van der Waals surface area contributed by atoms with Crippen molar-refractivity contribution in [2.45, 2.75) is 13.8 Å². The summed E-state index contributed by atoms with van der Waals surface area (Å²) in [5.41, 5.74) is 9.76. The number of aryl methyl sites for hydroxylation is 2. The highest BCUT2D eigenvalue weighted by Gasteiger charge is 2.14. The zero-order chi connectivity index (χ0) is 15.0. The van der Waals surface area contributed by atoms with E-state index in [-0.39, 0.29) is 5.82 Å². The molecule has 0 radical (unpaired) electrons. The normalized spacial score (nSPS) is 10.8. The summed E-state index contributed by atoms with van der Waals surface area (Å²) >= 11 is 0. The Labute approximate surface area is 121 Å². The average Bonchev–Trinajstić information content (AvgIpc) is 2.91. The number of nitrogens with two attached hydrogens (primary N) is 1. The fraction of sp³-hybridized carbons (Fsp3) is 0.125. The molecule has 0 aliphatic carbocycles. The van der Waals surface area contributed by atoms with Crippen LogP contribution in [0.3, 0.4) is 0 Å². The summed E-state index contributed by atoms with van der Waals surface area (Å²) in [6, 6.07) is 10.1. The monoisotopic (exact) mass is 283 g/mol. The quantitative estimate of drug-likeness (QED) is 0.727. The molecule has 0 unspecified atom stereocenters. The third kappa shape index (κ3) is 2.50. The number of aromatic nitrogens is 2.